The van der Waals surface area contributed by atoms with E-state index in [9.17, 15) is 9.59 Å². The number of halogens is 1. The van der Waals surface area contributed by atoms with Crippen LogP contribution in [-0.2, 0) is 11.3 Å². The fourth-order valence-electron chi connectivity index (χ4n) is 3.05. The number of carbonyl (C=O) groups excluding carboxylic acids is 2. The Balaban J connectivity index is 1.70. The lowest BCUT2D eigenvalue weighted by molar-refractivity contribution is -0.676. The standard InChI is InChI=1S/C16H14ClN5O2/c1-9-7-21-12-13(19-15(21)18-9)20(2)16(24)22(14(12)23)8-10-3-5-11(17)6-4-10/h3-7,12H,8H2,1-2H3/p+1. The van der Waals surface area contributed by atoms with Crippen molar-refractivity contribution in [2.24, 2.45) is 4.99 Å². The minimum atomic E-state index is -0.611. The highest BCUT2D eigenvalue weighted by molar-refractivity contribution is 6.30. The minimum Gasteiger partial charge on any atom is -0.270 e. The number of hydrogen-bond donors (Lipinski definition) is 1. The minimum absolute atomic E-state index is 0.197. The summed E-state index contributed by atoms with van der Waals surface area (Å²) in [7, 11) is 1.63. The number of H-pyrrole nitrogens is 1. The molecule has 8 heteroatoms. The van der Waals surface area contributed by atoms with Gasteiger partial charge in [-0.2, -0.15) is 0 Å². The first-order chi connectivity index (χ1) is 11.5. The number of fused-ring (bicyclic) bond motifs is 3. The average Bonchev–Trinajstić information content (AvgIpc) is 3.07. The third kappa shape index (κ3) is 2.12. The Bertz CT molecular complexity index is 886. The van der Waals surface area contributed by atoms with Gasteiger partial charge in [0.15, 0.2) is 0 Å². The van der Waals surface area contributed by atoms with E-state index >= 15 is 0 Å². The number of aromatic amines is 1. The molecule has 24 heavy (non-hydrogen) atoms. The number of benzene rings is 1. The van der Waals surface area contributed by atoms with Crippen LogP contribution >= 0.6 is 11.6 Å². The molecule has 0 saturated carbocycles. The topological polar surface area (TPSA) is 72.6 Å². The van der Waals surface area contributed by atoms with Gasteiger partial charge >= 0.3 is 12.0 Å². The molecule has 3 amide bonds. The Kier molecular flexibility index (Phi) is 3.21. The maximum absolute atomic E-state index is 12.9. The molecule has 0 aliphatic carbocycles. The van der Waals surface area contributed by atoms with Gasteiger partial charge in [-0.25, -0.2) is 14.3 Å². The summed E-state index contributed by atoms with van der Waals surface area (Å²) >= 11 is 5.89. The molecule has 0 bridgehead atoms. The van der Waals surface area contributed by atoms with Gasteiger partial charge in [0.1, 0.15) is 11.9 Å². The van der Waals surface area contributed by atoms with Gasteiger partial charge in [-0.1, -0.05) is 28.7 Å². The summed E-state index contributed by atoms with van der Waals surface area (Å²) in [5.41, 5.74) is 1.74. The van der Waals surface area contributed by atoms with Crippen molar-refractivity contribution in [1.82, 2.24) is 14.8 Å². The summed E-state index contributed by atoms with van der Waals surface area (Å²) in [5.74, 6) is 0.743. The Morgan fingerprint density at radius 1 is 1.29 bits per heavy atom. The zero-order valence-corrected chi connectivity index (χ0v) is 13.9. The zero-order chi connectivity index (χ0) is 17.0. The smallest absolute Gasteiger partial charge is 0.270 e. The highest BCUT2D eigenvalue weighted by Crippen LogP contribution is 2.28. The summed E-state index contributed by atoms with van der Waals surface area (Å²) in [6.45, 7) is 2.09. The number of aromatic nitrogens is 2. The van der Waals surface area contributed by atoms with Gasteiger partial charge in [0.05, 0.1) is 6.54 Å². The first-order valence-electron chi connectivity index (χ1n) is 7.48. The third-order valence-corrected chi connectivity index (χ3v) is 4.50. The number of urea groups is 1. The van der Waals surface area contributed by atoms with Gasteiger partial charge in [-0.3, -0.25) is 14.6 Å². The van der Waals surface area contributed by atoms with E-state index in [0.717, 1.165) is 11.3 Å². The van der Waals surface area contributed by atoms with Crippen LogP contribution in [0.3, 0.4) is 0 Å². The molecule has 0 spiro atoms. The van der Waals surface area contributed by atoms with Crippen LogP contribution in [0.4, 0.5) is 10.7 Å². The van der Waals surface area contributed by atoms with Crippen molar-refractivity contribution in [3.05, 3.63) is 46.7 Å². The Labute approximate surface area is 143 Å². The summed E-state index contributed by atoms with van der Waals surface area (Å²) in [6, 6.07) is 6.10. The predicted octanol–water partition coefficient (Wildman–Crippen LogP) is 1.94. The van der Waals surface area contributed by atoms with E-state index in [-0.39, 0.29) is 18.5 Å². The fourth-order valence-corrected chi connectivity index (χ4v) is 3.17. The Morgan fingerprint density at radius 2 is 2.00 bits per heavy atom. The fraction of sp³-hybridized carbons (Fsp3) is 0.250. The zero-order valence-electron chi connectivity index (χ0n) is 13.2. The largest absolute Gasteiger partial charge is 0.399 e. The molecule has 1 aromatic heterocycles. The molecule has 1 aromatic carbocycles. The lowest BCUT2D eigenvalue weighted by atomic mass is 10.1. The highest BCUT2D eigenvalue weighted by Gasteiger charge is 2.52. The van der Waals surface area contributed by atoms with Gasteiger partial charge < -0.3 is 0 Å². The number of likely N-dealkylation sites (N-methyl/N-ethyl adjacent to an activating group) is 1. The summed E-state index contributed by atoms with van der Waals surface area (Å²) in [5, 5.41) is 0.611. The van der Waals surface area contributed by atoms with Crippen LogP contribution in [0.5, 0.6) is 0 Å². The SMILES string of the molecule is Cc1c[n+]2c([nH]1)N=C1C2C(=O)N(Cc2ccc(Cl)cc2)C(=O)N1C. The maximum Gasteiger partial charge on any atom is 0.399 e. The molecule has 4 rings (SSSR count). The molecule has 122 valence electrons. The summed E-state index contributed by atoms with van der Waals surface area (Å²) < 4.78 is 1.77. The number of aryl methyl sites for hydroxylation is 1. The van der Waals surface area contributed by atoms with E-state index in [1.54, 1.807) is 35.9 Å². The van der Waals surface area contributed by atoms with Gasteiger partial charge in [0, 0.05) is 12.1 Å². The normalized spacial score (nSPS) is 19.5. The number of imide groups is 1. The van der Waals surface area contributed by atoms with E-state index in [4.69, 9.17) is 11.6 Å². The van der Waals surface area contributed by atoms with E-state index < -0.39 is 6.04 Å². The molecular weight excluding hydrogens is 330 g/mol. The highest BCUT2D eigenvalue weighted by atomic mass is 35.5. The average molecular weight is 345 g/mol. The van der Waals surface area contributed by atoms with E-state index in [1.165, 1.54) is 9.80 Å². The molecule has 3 heterocycles. The Morgan fingerprint density at radius 3 is 2.71 bits per heavy atom. The molecule has 2 aromatic rings. The number of rotatable bonds is 2. The third-order valence-electron chi connectivity index (χ3n) is 4.24. The molecule has 1 atom stereocenters. The van der Waals surface area contributed by atoms with Crippen molar-refractivity contribution in [3.63, 3.8) is 0 Å². The van der Waals surface area contributed by atoms with E-state index in [2.05, 4.69) is 9.98 Å². The Hall–Kier alpha value is -2.67. The number of aliphatic imine (C=N–C) groups is 1. The van der Waals surface area contributed by atoms with Crippen molar-refractivity contribution >= 4 is 35.3 Å². The van der Waals surface area contributed by atoms with Crippen molar-refractivity contribution < 1.29 is 14.2 Å². The number of carbonyl (C=O) groups is 2. The van der Waals surface area contributed by atoms with Gasteiger partial charge in [-0.15, -0.1) is 0 Å². The maximum atomic E-state index is 12.9. The number of nitrogens with zero attached hydrogens (tertiary/aromatic N) is 4. The van der Waals surface area contributed by atoms with Crippen LogP contribution in [0, 0.1) is 6.92 Å². The lowest BCUT2D eigenvalue weighted by Crippen LogP contribution is -2.62. The molecular formula is C16H15ClN5O2+. The van der Waals surface area contributed by atoms with Crippen molar-refractivity contribution in [3.8, 4) is 0 Å². The predicted molar refractivity (Wildman–Crippen MR) is 87.0 cm³/mol. The second-order valence-corrected chi connectivity index (χ2v) is 6.37. The lowest BCUT2D eigenvalue weighted by Gasteiger charge is -2.33. The van der Waals surface area contributed by atoms with Gasteiger partial charge in [0.2, 0.25) is 11.9 Å². The van der Waals surface area contributed by atoms with Crippen LogP contribution in [-0.4, -0.2) is 39.6 Å². The number of hydrogen-bond acceptors (Lipinski definition) is 3. The van der Waals surface area contributed by atoms with Crippen molar-refractivity contribution in [2.45, 2.75) is 19.5 Å². The first-order valence-corrected chi connectivity index (χ1v) is 7.86. The van der Waals surface area contributed by atoms with E-state index in [1.807, 2.05) is 13.1 Å². The number of amidine groups is 1. The van der Waals surface area contributed by atoms with Crippen LogP contribution in [0.1, 0.15) is 17.3 Å². The summed E-state index contributed by atoms with van der Waals surface area (Å²) in [4.78, 5) is 35.7. The molecule has 0 radical (unpaired) electrons. The number of imidazole rings is 1. The molecule has 1 saturated heterocycles. The van der Waals surface area contributed by atoms with E-state index in [0.29, 0.717) is 16.8 Å². The second-order valence-electron chi connectivity index (χ2n) is 5.93. The summed E-state index contributed by atoms with van der Waals surface area (Å²) in [6.07, 6.45) is 1.83. The number of nitrogens with one attached hydrogen (secondary N) is 1. The number of amides is 3. The second kappa shape index (κ2) is 5.17. The van der Waals surface area contributed by atoms with Crippen LogP contribution in [0.15, 0.2) is 35.5 Å². The molecule has 2 aliphatic rings. The van der Waals surface area contributed by atoms with Gasteiger partial charge in [-0.05, 0) is 24.6 Å². The van der Waals surface area contributed by atoms with Crippen molar-refractivity contribution in [1.29, 1.82) is 0 Å². The van der Waals surface area contributed by atoms with Crippen LogP contribution in [0.25, 0.3) is 0 Å². The van der Waals surface area contributed by atoms with Crippen molar-refractivity contribution in [2.75, 3.05) is 7.05 Å². The monoisotopic (exact) mass is 344 g/mol. The molecule has 7 nitrogen and oxygen atoms in total. The van der Waals surface area contributed by atoms with Crippen LogP contribution in [0.2, 0.25) is 5.02 Å². The van der Waals surface area contributed by atoms with Gasteiger partial charge in [0.25, 0.3) is 5.91 Å². The first kappa shape index (κ1) is 14.9. The molecule has 1 fully saturated rings. The van der Waals surface area contributed by atoms with Crippen LogP contribution < -0.4 is 4.57 Å². The molecule has 2 aliphatic heterocycles. The quantitative estimate of drug-likeness (QED) is 0.846. The molecule has 1 N–H and O–H groups in total. The molecule has 1 unspecified atom stereocenters.